The van der Waals surface area contributed by atoms with Crippen LogP contribution in [0.1, 0.15) is 61.3 Å². The van der Waals surface area contributed by atoms with Crippen molar-refractivity contribution >= 4 is 16.9 Å². The number of methoxy groups -OCH3 is 1. The number of benzene rings is 2. The summed E-state index contributed by atoms with van der Waals surface area (Å²) >= 11 is 0. The Labute approximate surface area is 187 Å². The third-order valence-electron chi connectivity index (χ3n) is 5.79. The van der Waals surface area contributed by atoms with Gasteiger partial charge in [0.05, 0.1) is 30.7 Å². The van der Waals surface area contributed by atoms with Crippen LogP contribution in [0, 0.1) is 5.92 Å². The molecule has 1 aromatic heterocycles. The second kappa shape index (κ2) is 9.07. The minimum atomic E-state index is -0.531. The van der Waals surface area contributed by atoms with Crippen molar-refractivity contribution in [1.82, 2.24) is 4.90 Å². The van der Waals surface area contributed by atoms with Gasteiger partial charge >= 0.3 is 0 Å². The van der Waals surface area contributed by atoms with E-state index in [-0.39, 0.29) is 17.1 Å². The van der Waals surface area contributed by atoms with Gasteiger partial charge in [0.2, 0.25) is 5.76 Å². The first-order valence-corrected chi connectivity index (χ1v) is 11.1. The molecule has 1 aliphatic rings. The molecule has 32 heavy (non-hydrogen) atoms. The maximum Gasteiger partial charge on any atom is 0.290 e. The van der Waals surface area contributed by atoms with E-state index in [1.54, 1.807) is 36.3 Å². The fourth-order valence-electron chi connectivity index (χ4n) is 4.16. The molecule has 0 unspecified atom stereocenters. The van der Waals surface area contributed by atoms with E-state index in [4.69, 9.17) is 13.9 Å². The summed E-state index contributed by atoms with van der Waals surface area (Å²) in [6.07, 6.45) is 1.70. The molecule has 0 N–H and O–H groups in total. The molecule has 2 heterocycles. The van der Waals surface area contributed by atoms with Gasteiger partial charge in [-0.1, -0.05) is 39.0 Å². The van der Waals surface area contributed by atoms with Crippen molar-refractivity contribution in [3.8, 4) is 11.5 Å². The lowest BCUT2D eigenvalue weighted by atomic mass is 9.98. The Morgan fingerprint density at radius 1 is 1.09 bits per heavy atom. The largest absolute Gasteiger partial charge is 0.493 e. The molecule has 1 amide bonds. The fourth-order valence-corrected chi connectivity index (χ4v) is 4.16. The first kappa shape index (κ1) is 21.9. The van der Waals surface area contributed by atoms with Crippen molar-refractivity contribution in [2.75, 3.05) is 20.3 Å². The van der Waals surface area contributed by atoms with Crippen molar-refractivity contribution in [3.05, 3.63) is 69.6 Å². The molecule has 0 bridgehead atoms. The third-order valence-corrected chi connectivity index (χ3v) is 5.79. The monoisotopic (exact) mass is 435 g/mol. The Morgan fingerprint density at radius 2 is 1.88 bits per heavy atom. The SMILES string of the molecule is CCCN1C(=O)c2oc3ccccc3c(=O)c2[C@@H]1c1ccc(OCCC(C)C)c(OC)c1. The highest BCUT2D eigenvalue weighted by Gasteiger charge is 2.42. The molecule has 0 radical (unpaired) electrons. The number of amides is 1. The molecule has 0 aliphatic carbocycles. The zero-order valence-corrected chi connectivity index (χ0v) is 19.0. The second-order valence-electron chi connectivity index (χ2n) is 8.51. The predicted octanol–water partition coefficient (Wildman–Crippen LogP) is 5.18. The molecule has 0 fully saturated rings. The molecular weight excluding hydrogens is 406 g/mol. The van der Waals surface area contributed by atoms with E-state index in [1.807, 2.05) is 25.1 Å². The number of carbonyl (C=O) groups excluding carboxylic acids is 1. The van der Waals surface area contributed by atoms with Crippen LogP contribution in [0.4, 0.5) is 0 Å². The minimum Gasteiger partial charge on any atom is -0.493 e. The Morgan fingerprint density at radius 3 is 2.59 bits per heavy atom. The first-order valence-electron chi connectivity index (χ1n) is 11.1. The normalized spacial score (nSPS) is 15.5. The van der Waals surface area contributed by atoms with Crippen molar-refractivity contribution in [3.63, 3.8) is 0 Å². The molecule has 6 nitrogen and oxygen atoms in total. The number of para-hydroxylation sites is 1. The average molecular weight is 436 g/mol. The fraction of sp³-hybridized carbons (Fsp3) is 0.385. The van der Waals surface area contributed by atoms with Crippen molar-refractivity contribution < 1.29 is 18.7 Å². The number of rotatable bonds is 8. The van der Waals surface area contributed by atoms with Gasteiger partial charge in [0.25, 0.3) is 5.91 Å². The highest BCUT2D eigenvalue weighted by atomic mass is 16.5. The van der Waals surface area contributed by atoms with E-state index >= 15 is 0 Å². The lowest BCUT2D eigenvalue weighted by Crippen LogP contribution is -2.30. The number of fused-ring (bicyclic) bond motifs is 2. The molecule has 0 saturated carbocycles. The molecule has 6 heteroatoms. The van der Waals surface area contributed by atoms with Gasteiger partial charge in [-0.15, -0.1) is 0 Å². The van der Waals surface area contributed by atoms with Crippen molar-refractivity contribution in [2.24, 2.45) is 5.92 Å². The highest BCUT2D eigenvalue weighted by Crippen LogP contribution is 2.41. The molecule has 1 aliphatic heterocycles. The van der Waals surface area contributed by atoms with Crippen LogP contribution < -0.4 is 14.9 Å². The summed E-state index contributed by atoms with van der Waals surface area (Å²) in [5.74, 6) is 1.63. The quantitative estimate of drug-likeness (QED) is 0.488. The van der Waals surface area contributed by atoms with E-state index in [0.29, 0.717) is 47.1 Å². The molecule has 0 saturated heterocycles. The van der Waals surface area contributed by atoms with Crippen LogP contribution >= 0.6 is 0 Å². The Balaban J connectivity index is 1.81. The predicted molar refractivity (Wildman–Crippen MR) is 124 cm³/mol. The maximum absolute atomic E-state index is 13.4. The summed E-state index contributed by atoms with van der Waals surface area (Å²) in [4.78, 5) is 28.4. The standard InChI is InChI=1S/C26H29NO5/c1-5-13-27-23(17-10-11-20(21(15-17)30-4)31-14-12-16(2)3)22-24(28)18-8-6-7-9-19(18)32-25(22)26(27)29/h6-11,15-16,23H,5,12-14H2,1-4H3/t23-/m0/s1. The Hall–Kier alpha value is -3.28. The highest BCUT2D eigenvalue weighted by molar-refractivity contribution is 5.99. The van der Waals surface area contributed by atoms with E-state index in [9.17, 15) is 9.59 Å². The topological polar surface area (TPSA) is 69.0 Å². The van der Waals surface area contributed by atoms with Gasteiger partial charge in [-0.3, -0.25) is 9.59 Å². The molecule has 0 spiro atoms. The maximum atomic E-state index is 13.4. The number of ether oxygens (including phenoxy) is 2. The molecule has 2 aromatic carbocycles. The summed E-state index contributed by atoms with van der Waals surface area (Å²) in [6.45, 7) is 7.41. The number of hydrogen-bond acceptors (Lipinski definition) is 5. The van der Waals surface area contributed by atoms with Gasteiger partial charge in [-0.25, -0.2) is 0 Å². The lowest BCUT2D eigenvalue weighted by Gasteiger charge is -2.25. The summed E-state index contributed by atoms with van der Waals surface area (Å²) < 4.78 is 17.4. The second-order valence-corrected chi connectivity index (χ2v) is 8.51. The smallest absolute Gasteiger partial charge is 0.290 e. The van der Waals surface area contributed by atoms with E-state index in [2.05, 4.69) is 13.8 Å². The van der Waals surface area contributed by atoms with Crippen LogP contribution in [0.2, 0.25) is 0 Å². The van der Waals surface area contributed by atoms with E-state index in [1.165, 1.54) is 0 Å². The van der Waals surface area contributed by atoms with E-state index in [0.717, 1.165) is 18.4 Å². The Kier molecular flexibility index (Phi) is 6.21. The third kappa shape index (κ3) is 3.85. The number of carbonyl (C=O) groups is 1. The summed E-state index contributed by atoms with van der Waals surface area (Å²) in [5, 5.41) is 0.475. The van der Waals surface area contributed by atoms with Crippen LogP contribution in [0.5, 0.6) is 11.5 Å². The van der Waals surface area contributed by atoms with E-state index < -0.39 is 6.04 Å². The molecule has 1 atom stereocenters. The minimum absolute atomic E-state index is 0.128. The van der Waals surface area contributed by atoms with Gasteiger partial charge < -0.3 is 18.8 Å². The van der Waals surface area contributed by atoms with Gasteiger partial charge in [0.15, 0.2) is 16.9 Å². The number of nitrogens with zero attached hydrogens (tertiary/aromatic N) is 1. The van der Waals surface area contributed by atoms with Gasteiger partial charge in [0, 0.05) is 6.54 Å². The summed E-state index contributed by atoms with van der Waals surface area (Å²) in [7, 11) is 1.59. The van der Waals surface area contributed by atoms with Crippen LogP contribution in [0.25, 0.3) is 11.0 Å². The summed E-state index contributed by atoms with van der Waals surface area (Å²) in [6, 6.07) is 12.1. The zero-order valence-electron chi connectivity index (χ0n) is 19.0. The van der Waals surface area contributed by atoms with Crippen molar-refractivity contribution in [2.45, 2.75) is 39.7 Å². The first-order chi connectivity index (χ1) is 15.5. The van der Waals surface area contributed by atoms with Crippen LogP contribution in [-0.2, 0) is 0 Å². The molecular formula is C26H29NO5. The van der Waals surface area contributed by atoms with Gasteiger partial charge in [-0.05, 0) is 48.6 Å². The van der Waals surface area contributed by atoms with Crippen LogP contribution in [0.15, 0.2) is 51.7 Å². The summed E-state index contributed by atoms with van der Waals surface area (Å²) in [5.41, 5.74) is 1.43. The molecule has 168 valence electrons. The van der Waals surface area contributed by atoms with Crippen molar-refractivity contribution in [1.29, 1.82) is 0 Å². The average Bonchev–Trinajstić information content (AvgIpc) is 3.06. The van der Waals surface area contributed by atoms with Gasteiger partial charge in [0.1, 0.15) is 5.58 Å². The molecule has 3 aromatic rings. The Bertz CT molecular complexity index is 1200. The lowest BCUT2D eigenvalue weighted by molar-refractivity contribution is 0.0728. The molecule has 4 rings (SSSR count). The van der Waals surface area contributed by atoms with Gasteiger partial charge in [-0.2, -0.15) is 0 Å². The van der Waals surface area contributed by atoms with Crippen LogP contribution in [-0.4, -0.2) is 31.1 Å². The van der Waals surface area contributed by atoms with Crippen LogP contribution in [0.3, 0.4) is 0 Å². The zero-order chi connectivity index (χ0) is 22.8. The number of hydrogen-bond donors (Lipinski definition) is 0.